The van der Waals surface area contributed by atoms with E-state index in [1.54, 1.807) is 0 Å². The Morgan fingerprint density at radius 2 is 0.570 bits per heavy atom. The van der Waals surface area contributed by atoms with Gasteiger partial charge in [0.25, 0.3) is 0 Å². The maximum absolute atomic E-state index is 12.9. The topological polar surface area (TPSA) is 108 Å². The van der Waals surface area contributed by atoms with Gasteiger partial charge in [-0.2, -0.15) is 0 Å². The van der Waals surface area contributed by atoms with Crippen LogP contribution in [-0.2, 0) is 32.7 Å². The first-order valence-corrected chi connectivity index (χ1v) is 43.4. The summed E-state index contributed by atoms with van der Waals surface area (Å²) in [6.07, 6.45) is 116. The average Bonchev–Trinajstić information content (AvgIpc) is 1.65. The van der Waals surface area contributed by atoms with E-state index in [2.05, 4.69) is 148 Å². The number of likely N-dealkylation sites (N-methyl/N-ethyl adjacent to an activating group) is 1. The number of hydrogen-bond acceptors (Lipinski definition) is 7. The van der Waals surface area contributed by atoms with Crippen LogP contribution in [0.5, 0.6) is 0 Å². The number of phosphoric ester groups is 1. The van der Waals surface area contributed by atoms with E-state index < -0.39 is 26.5 Å². The second kappa shape index (κ2) is 79.3. The minimum absolute atomic E-state index is 0.0249. The number of ether oxygens (including phenoxy) is 2. The summed E-state index contributed by atoms with van der Waals surface area (Å²) in [5.74, 6) is -0.803. The van der Waals surface area contributed by atoms with Crippen LogP contribution in [0.1, 0.15) is 373 Å². The summed E-state index contributed by atoms with van der Waals surface area (Å²) in [4.78, 5) is 36.0. The Labute approximate surface area is 619 Å². The molecule has 0 aliphatic heterocycles. The smallest absolute Gasteiger partial charge is 0.462 e. The molecule has 2 atom stereocenters. The lowest BCUT2D eigenvalue weighted by atomic mass is 10.0. The highest BCUT2D eigenvalue weighted by Gasteiger charge is 2.27. The Balaban J connectivity index is 3.97. The van der Waals surface area contributed by atoms with Crippen molar-refractivity contribution in [2.45, 2.75) is 380 Å². The number of carbonyl (C=O) groups is 2. The van der Waals surface area contributed by atoms with Crippen LogP contribution in [0.4, 0.5) is 0 Å². The summed E-state index contributed by atoms with van der Waals surface area (Å²) in [5.41, 5.74) is 0. The first-order valence-electron chi connectivity index (χ1n) is 41.9. The number of carbonyl (C=O) groups excluding carboxylic acids is 2. The second-order valence-corrected chi connectivity index (χ2v) is 30.6. The van der Waals surface area contributed by atoms with Gasteiger partial charge in [0, 0.05) is 12.8 Å². The molecule has 0 saturated carbocycles. The zero-order chi connectivity index (χ0) is 72.5. The molecule has 0 bridgehead atoms. The van der Waals surface area contributed by atoms with Crippen LogP contribution in [0.15, 0.2) is 134 Å². The minimum Gasteiger partial charge on any atom is -0.462 e. The van der Waals surface area contributed by atoms with Crippen LogP contribution in [0.2, 0.25) is 0 Å². The standard InChI is InChI=1S/C90H158NO8P/c1-6-8-10-12-14-16-18-20-22-24-26-28-30-32-34-36-38-40-42-43-44-45-46-47-49-50-52-54-56-58-60-62-64-66-68-70-72-74-76-78-80-82-89(92)96-86-88(87-98-100(94,95)97-85-84-91(3,4)5)99-90(93)83-81-79-77-75-73-71-69-67-65-63-61-59-57-55-53-51-48-41-39-37-35-33-31-29-27-25-23-21-19-17-15-13-11-9-7-2/h9,11,15,17-18,20-21,23-24,26-27,29,33,35,39,41,51,53,57,59,63,65,88H,6-8,10,12-14,16,19,22,25,28,30-32,34,36-38,40,42-50,52,54-56,58,60-62,64,66-87H2,1-5H3/p+1/b11-9-,17-15-,20-18-,23-21-,26-24-,29-27-,35-33-,41-39-,53-51-,59-57-,65-63-. The van der Waals surface area contributed by atoms with Gasteiger partial charge in [0.2, 0.25) is 0 Å². The Morgan fingerprint density at radius 3 is 0.850 bits per heavy atom. The van der Waals surface area contributed by atoms with Gasteiger partial charge in [-0.1, -0.05) is 379 Å². The quantitative estimate of drug-likeness (QED) is 0.0211. The molecule has 0 aromatic rings. The number of quaternary nitrogens is 1. The van der Waals surface area contributed by atoms with Gasteiger partial charge in [-0.25, -0.2) is 4.57 Å². The van der Waals surface area contributed by atoms with Crippen molar-refractivity contribution in [1.29, 1.82) is 0 Å². The Morgan fingerprint density at radius 1 is 0.320 bits per heavy atom. The van der Waals surface area contributed by atoms with Crippen molar-refractivity contribution in [3.63, 3.8) is 0 Å². The molecule has 0 amide bonds. The van der Waals surface area contributed by atoms with Crippen molar-refractivity contribution in [1.82, 2.24) is 0 Å². The molecular weight excluding hydrogens is 1250 g/mol. The van der Waals surface area contributed by atoms with E-state index >= 15 is 0 Å². The number of nitrogens with zero attached hydrogens (tertiary/aromatic N) is 1. The summed E-state index contributed by atoms with van der Waals surface area (Å²) in [6, 6.07) is 0. The first-order chi connectivity index (χ1) is 49.0. The zero-order valence-electron chi connectivity index (χ0n) is 65.9. The van der Waals surface area contributed by atoms with Crippen molar-refractivity contribution >= 4 is 19.8 Å². The summed E-state index contributed by atoms with van der Waals surface area (Å²) >= 11 is 0. The Kier molecular flexibility index (Phi) is 76.2. The summed E-state index contributed by atoms with van der Waals surface area (Å²) in [6.45, 7) is 4.33. The fourth-order valence-electron chi connectivity index (χ4n) is 11.8. The lowest BCUT2D eigenvalue weighted by Gasteiger charge is -2.24. The summed E-state index contributed by atoms with van der Waals surface area (Å²) < 4.78 is 34.8. The Hall–Kier alpha value is -3.85. The van der Waals surface area contributed by atoms with Crippen LogP contribution in [-0.4, -0.2) is 74.9 Å². The van der Waals surface area contributed by atoms with Crippen LogP contribution >= 0.6 is 7.82 Å². The lowest BCUT2D eigenvalue weighted by molar-refractivity contribution is -0.870. The lowest BCUT2D eigenvalue weighted by Crippen LogP contribution is -2.37. The predicted molar refractivity (Wildman–Crippen MR) is 436 cm³/mol. The monoisotopic (exact) mass is 1410 g/mol. The first kappa shape index (κ1) is 96.2. The SMILES string of the molecule is CC/C=C\C/C=C\C/C=C\C/C=C\C/C=C\C/C=C\C/C=C\C/C=C\C/C=C\CCCCCCCCCC(=O)OC(COC(=O)CCCCCCCCCCCCCCCCCCCCCCCCCCCCCCC/C=C\C/C=C\CCCCCCC)COP(=O)(O)OCC[N+](C)(C)C. The van der Waals surface area contributed by atoms with E-state index in [0.717, 1.165) is 109 Å². The summed E-state index contributed by atoms with van der Waals surface area (Å²) in [5, 5.41) is 0. The van der Waals surface area contributed by atoms with Gasteiger partial charge in [-0.15, -0.1) is 0 Å². The van der Waals surface area contributed by atoms with Gasteiger partial charge in [-0.3, -0.25) is 18.6 Å². The molecule has 1 N–H and O–H groups in total. The van der Waals surface area contributed by atoms with E-state index in [0.29, 0.717) is 17.4 Å². The number of unbranched alkanes of at least 4 members (excludes halogenated alkanes) is 41. The van der Waals surface area contributed by atoms with E-state index in [1.165, 1.54) is 231 Å². The summed E-state index contributed by atoms with van der Waals surface area (Å²) in [7, 11) is 1.47. The molecule has 2 unspecified atom stereocenters. The van der Waals surface area contributed by atoms with Gasteiger partial charge in [0.1, 0.15) is 19.8 Å². The van der Waals surface area contributed by atoms with E-state index in [-0.39, 0.29) is 32.0 Å². The molecule has 0 heterocycles. The largest absolute Gasteiger partial charge is 0.472 e. The molecule has 0 fully saturated rings. The zero-order valence-corrected chi connectivity index (χ0v) is 66.8. The van der Waals surface area contributed by atoms with Crippen molar-refractivity contribution < 1.29 is 42.1 Å². The maximum Gasteiger partial charge on any atom is 0.472 e. The molecule has 0 aromatic carbocycles. The van der Waals surface area contributed by atoms with Crippen molar-refractivity contribution in [2.75, 3.05) is 47.5 Å². The molecule has 0 radical (unpaired) electrons. The van der Waals surface area contributed by atoms with Gasteiger partial charge >= 0.3 is 19.8 Å². The third-order valence-corrected chi connectivity index (χ3v) is 19.1. The molecule has 576 valence electrons. The van der Waals surface area contributed by atoms with Crippen LogP contribution in [0.3, 0.4) is 0 Å². The average molecular weight is 1410 g/mol. The molecule has 0 aromatic heterocycles. The number of allylic oxidation sites excluding steroid dienone is 22. The van der Waals surface area contributed by atoms with Crippen molar-refractivity contribution in [3.05, 3.63) is 134 Å². The number of phosphoric acid groups is 1. The van der Waals surface area contributed by atoms with Crippen molar-refractivity contribution in [2.24, 2.45) is 0 Å². The number of esters is 2. The molecule has 0 spiro atoms. The van der Waals surface area contributed by atoms with Gasteiger partial charge in [0.05, 0.1) is 27.7 Å². The van der Waals surface area contributed by atoms with E-state index in [9.17, 15) is 19.0 Å². The molecule has 0 aliphatic carbocycles. The fraction of sp³-hybridized carbons (Fsp3) is 0.733. The highest BCUT2D eigenvalue weighted by molar-refractivity contribution is 7.47. The van der Waals surface area contributed by atoms with Crippen LogP contribution in [0.25, 0.3) is 0 Å². The van der Waals surface area contributed by atoms with Crippen LogP contribution in [0, 0.1) is 0 Å². The third kappa shape index (κ3) is 83.1. The number of rotatable bonds is 77. The second-order valence-electron chi connectivity index (χ2n) is 29.1. The van der Waals surface area contributed by atoms with Gasteiger partial charge in [0.15, 0.2) is 6.10 Å². The maximum atomic E-state index is 12.9. The van der Waals surface area contributed by atoms with E-state index in [4.69, 9.17) is 18.5 Å². The van der Waals surface area contributed by atoms with Gasteiger partial charge < -0.3 is 18.9 Å². The predicted octanol–water partition coefficient (Wildman–Crippen LogP) is 28.3. The fourth-order valence-corrected chi connectivity index (χ4v) is 12.6. The molecule has 0 rings (SSSR count). The molecular formula is C90H159NO8P+. The molecule has 0 saturated heterocycles. The van der Waals surface area contributed by atoms with E-state index in [1.807, 2.05) is 21.1 Å². The molecule has 9 nitrogen and oxygen atoms in total. The normalized spacial score (nSPS) is 13.7. The highest BCUT2D eigenvalue weighted by atomic mass is 31.2. The Bertz CT molecular complexity index is 2160. The number of hydrogen-bond donors (Lipinski definition) is 1. The highest BCUT2D eigenvalue weighted by Crippen LogP contribution is 2.43. The minimum atomic E-state index is -4.41. The molecule has 10 heteroatoms. The van der Waals surface area contributed by atoms with Gasteiger partial charge in [-0.05, 0) is 116 Å². The molecule has 0 aliphatic rings. The third-order valence-electron chi connectivity index (χ3n) is 18.2. The molecule has 100 heavy (non-hydrogen) atoms. The van der Waals surface area contributed by atoms with Crippen LogP contribution < -0.4 is 0 Å². The van der Waals surface area contributed by atoms with Crippen molar-refractivity contribution in [3.8, 4) is 0 Å².